The molecule has 11 aromatic carbocycles. The van der Waals surface area contributed by atoms with Crippen LogP contribution in [0.4, 0.5) is 17.1 Å². The normalized spacial score (nSPS) is 11.7. The quantitative estimate of drug-likeness (QED) is 0.151. The fourth-order valence-corrected chi connectivity index (χ4v) is 11.8. The van der Waals surface area contributed by atoms with E-state index < -0.39 is 0 Å². The smallest absolute Gasteiger partial charge is 0.143 e. The molecule has 14 rings (SSSR count). The van der Waals surface area contributed by atoms with Crippen LogP contribution in [0.25, 0.3) is 114 Å². The number of hydrogen-bond donors (Lipinski definition) is 0. The Kier molecular flexibility index (Phi) is 9.39. The third kappa shape index (κ3) is 6.64. The number of rotatable bonds is 8. The van der Waals surface area contributed by atoms with Crippen LogP contribution in [-0.2, 0) is 0 Å². The second-order valence-electron chi connectivity index (χ2n) is 18.0. The molecule has 0 aliphatic heterocycles. The topological polar surface area (TPSA) is 21.3 Å². The highest BCUT2D eigenvalue weighted by atomic mass is 32.1. The minimum absolute atomic E-state index is 0.888. The van der Waals surface area contributed by atoms with E-state index in [9.17, 15) is 0 Å². The Hall–Kier alpha value is -8.96. The number of para-hydroxylation sites is 3. The number of furan rings is 1. The molecule has 0 spiro atoms. The lowest BCUT2D eigenvalue weighted by molar-refractivity contribution is 0.670. The molecule has 70 heavy (non-hydrogen) atoms. The van der Waals surface area contributed by atoms with Gasteiger partial charge in [-0.2, -0.15) is 0 Å². The first-order chi connectivity index (χ1) is 34.7. The molecule has 4 heteroatoms. The van der Waals surface area contributed by atoms with Crippen LogP contribution in [0.2, 0.25) is 0 Å². The second-order valence-corrected chi connectivity index (χ2v) is 19.1. The maximum atomic E-state index is 6.53. The van der Waals surface area contributed by atoms with Crippen LogP contribution < -0.4 is 4.90 Å². The molecule has 0 unspecified atom stereocenters. The highest BCUT2D eigenvalue weighted by Gasteiger charge is 2.18. The molecule has 3 heterocycles. The molecule has 0 aliphatic carbocycles. The van der Waals surface area contributed by atoms with E-state index in [1.807, 2.05) is 11.3 Å². The molecule has 0 N–H and O–H groups in total. The predicted molar refractivity (Wildman–Crippen MR) is 297 cm³/mol. The van der Waals surface area contributed by atoms with Crippen molar-refractivity contribution in [3.63, 3.8) is 0 Å². The summed E-state index contributed by atoms with van der Waals surface area (Å²) in [6.07, 6.45) is 0. The first kappa shape index (κ1) is 40.1. The molecular weight excluding hydrogens is 869 g/mol. The van der Waals surface area contributed by atoms with Crippen molar-refractivity contribution in [2.24, 2.45) is 0 Å². The van der Waals surface area contributed by atoms with E-state index in [1.165, 1.54) is 64.2 Å². The molecule has 0 atom stereocenters. The van der Waals surface area contributed by atoms with Crippen LogP contribution in [-0.4, -0.2) is 4.57 Å². The van der Waals surface area contributed by atoms with Gasteiger partial charge in [0.05, 0.1) is 11.0 Å². The summed E-state index contributed by atoms with van der Waals surface area (Å²) in [5.74, 6) is 0. The van der Waals surface area contributed by atoms with E-state index in [0.717, 1.165) is 66.9 Å². The summed E-state index contributed by atoms with van der Waals surface area (Å²) >= 11 is 1.86. The lowest BCUT2D eigenvalue weighted by Gasteiger charge is -2.26. The van der Waals surface area contributed by atoms with Crippen LogP contribution in [0.15, 0.2) is 259 Å². The van der Waals surface area contributed by atoms with Gasteiger partial charge < -0.3 is 13.9 Å². The van der Waals surface area contributed by atoms with Crippen LogP contribution in [0, 0.1) is 0 Å². The molecule has 3 nitrogen and oxygen atoms in total. The Morgan fingerprint density at radius 2 is 0.843 bits per heavy atom. The second kappa shape index (κ2) is 16.4. The van der Waals surface area contributed by atoms with Gasteiger partial charge in [0.2, 0.25) is 0 Å². The molecule has 0 aliphatic rings. The van der Waals surface area contributed by atoms with E-state index in [0.29, 0.717) is 0 Å². The molecular formula is C66H42N2OS. The average molecular weight is 911 g/mol. The molecule has 3 aromatic heterocycles. The Labute approximate surface area is 409 Å². The summed E-state index contributed by atoms with van der Waals surface area (Å²) in [6, 6.07) is 92.3. The zero-order chi connectivity index (χ0) is 46.1. The minimum atomic E-state index is 0.888. The molecule has 0 saturated heterocycles. The summed E-state index contributed by atoms with van der Waals surface area (Å²) in [4.78, 5) is 2.37. The molecule has 0 bridgehead atoms. The predicted octanol–water partition coefficient (Wildman–Crippen LogP) is 19.2. The fraction of sp³-hybridized carbons (Fsp3) is 0. The van der Waals surface area contributed by atoms with Gasteiger partial charge in [-0.05, 0) is 130 Å². The molecule has 328 valence electrons. The van der Waals surface area contributed by atoms with Gasteiger partial charge >= 0.3 is 0 Å². The largest absolute Gasteiger partial charge is 0.455 e. The van der Waals surface area contributed by atoms with Crippen LogP contribution in [0.1, 0.15) is 0 Å². The van der Waals surface area contributed by atoms with Crippen molar-refractivity contribution in [3.05, 3.63) is 255 Å². The van der Waals surface area contributed by atoms with Crippen molar-refractivity contribution in [1.29, 1.82) is 0 Å². The number of hydrogen-bond acceptors (Lipinski definition) is 3. The van der Waals surface area contributed by atoms with Crippen molar-refractivity contribution < 1.29 is 4.42 Å². The first-order valence-electron chi connectivity index (χ1n) is 23.8. The Bertz CT molecular complexity index is 4260. The van der Waals surface area contributed by atoms with E-state index in [2.05, 4.69) is 264 Å². The lowest BCUT2D eigenvalue weighted by atomic mass is 9.98. The van der Waals surface area contributed by atoms with Gasteiger partial charge in [0.25, 0.3) is 0 Å². The summed E-state index contributed by atoms with van der Waals surface area (Å²) in [5.41, 5.74) is 18.0. The van der Waals surface area contributed by atoms with Gasteiger partial charge in [0.1, 0.15) is 11.2 Å². The van der Waals surface area contributed by atoms with E-state index in [1.54, 1.807) is 0 Å². The van der Waals surface area contributed by atoms with Gasteiger partial charge in [-0.25, -0.2) is 0 Å². The highest BCUT2D eigenvalue weighted by molar-refractivity contribution is 7.25. The van der Waals surface area contributed by atoms with Crippen LogP contribution >= 0.6 is 11.3 Å². The van der Waals surface area contributed by atoms with Gasteiger partial charge in [-0.15, -0.1) is 11.3 Å². The summed E-state index contributed by atoms with van der Waals surface area (Å²) < 4.78 is 11.5. The van der Waals surface area contributed by atoms with Crippen molar-refractivity contribution in [3.8, 4) is 50.2 Å². The minimum Gasteiger partial charge on any atom is -0.455 e. The fourth-order valence-electron chi connectivity index (χ4n) is 10.7. The Balaban J connectivity index is 0.847. The van der Waals surface area contributed by atoms with Crippen molar-refractivity contribution in [2.45, 2.75) is 0 Å². The van der Waals surface area contributed by atoms with Gasteiger partial charge in [0, 0.05) is 70.0 Å². The molecule has 0 radical (unpaired) electrons. The first-order valence-corrected chi connectivity index (χ1v) is 24.6. The van der Waals surface area contributed by atoms with Crippen molar-refractivity contribution >= 4 is 92.3 Å². The van der Waals surface area contributed by atoms with Crippen LogP contribution in [0.3, 0.4) is 0 Å². The lowest BCUT2D eigenvalue weighted by Crippen LogP contribution is -2.09. The summed E-state index contributed by atoms with van der Waals surface area (Å²) in [7, 11) is 0. The van der Waals surface area contributed by atoms with Crippen molar-refractivity contribution in [1.82, 2.24) is 4.57 Å². The van der Waals surface area contributed by atoms with Crippen LogP contribution in [0.5, 0.6) is 0 Å². The maximum Gasteiger partial charge on any atom is 0.143 e. The van der Waals surface area contributed by atoms with Gasteiger partial charge in [-0.3, -0.25) is 0 Å². The highest BCUT2D eigenvalue weighted by Crippen LogP contribution is 2.44. The van der Waals surface area contributed by atoms with Gasteiger partial charge in [-0.1, -0.05) is 164 Å². The third-order valence-electron chi connectivity index (χ3n) is 14.0. The number of thiophene rings is 1. The Morgan fingerprint density at radius 3 is 1.57 bits per heavy atom. The number of fused-ring (bicyclic) bond motifs is 9. The molecule has 0 saturated carbocycles. The van der Waals surface area contributed by atoms with Gasteiger partial charge in [0.15, 0.2) is 0 Å². The van der Waals surface area contributed by atoms with E-state index >= 15 is 0 Å². The maximum absolute atomic E-state index is 6.53. The molecule has 0 fully saturated rings. The SMILES string of the molecule is c1ccc(-c2cccc3c2oc2ccc(-c4ccc(N(c5ccc(-c6ccc7c(c6)c6ccccc6n7-c6ccccc6)cc5)c5ccc(-c6cccc7sc8ccccc8c67)cc5)cc4)cc23)cc1. The summed E-state index contributed by atoms with van der Waals surface area (Å²) in [5, 5.41) is 7.35. The zero-order valence-corrected chi connectivity index (χ0v) is 38.8. The number of aromatic nitrogens is 1. The average Bonchev–Trinajstić information content (AvgIpc) is 4.12. The van der Waals surface area contributed by atoms with Crippen molar-refractivity contribution in [2.75, 3.05) is 4.90 Å². The Morgan fingerprint density at radius 1 is 0.329 bits per heavy atom. The standard InChI is InChI=1S/C66H42N2OS/c1-3-13-45(14-4-1)54-20-11-21-56-59-42-48(32-40-62(59)69-66(54)56)44-27-35-51(36-28-44)67(52-37-29-46(30-38-52)53-19-12-24-64-65(53)57-18-8-10-23-63(57)70-64)50-33-25-43(26-34-50)47-31-39-61-58(41-47)55-17-7-9-22-60(55)68(61)49-15-5-2-6-16-49/h1-42H. The van der Waals surface area contributed by atoms with E-state index in [-0.39, 0.29) is 0 Å². The number of nitrogens with zero attached hydrogens (tertiary/aromatic N) is 2. The molecule has 14 aromatic rings. The number of anilines is 3. The number of benzene rings is 11. The summed E-state index contributed by atoms with van der Waals surface area (Å²) in [6.45, 7) is 0. The molecule has 0 amide bonds. The van der Waals surface area contributed by atoms with E-state index in [4.69, 9.17) is 4.42 Å². The third-order valence-corrected chi connectivity index (χ3v) is 15.2. The zero-order valence-electron chi connectivity index (χ0n) is 38.0. The monoisotopic (exact) mass is 910 g/mol.